The van der Waals surface area contributed by atoms with Gasteiger partial charge in [-0.25, -0.2) is 0 Å². The molecule has 0 unspecified atom stereocenters. The number of carbonyl (C=O) groups excluding carboxylic acids is 1. The molecule has 0 spiro atoms. The van der Waals surface area contributed by atoms with Gasteiger partial charge in [0.2, 0.25) is 0 Å². The summed E-state index contributed by atoms with van der Waals surface area (Å²) in [5, 5.41) is 12.0. The predicted octanol–water partition coefficient (Wildman–Crippen LogP) is 3.22. The fourth-order valence-corrected chi connectivity index (χ4v) is 2.38. The van der Waals surface area contributed by atoms with Crippen molar-refractivity contribution in [2.45, 2.75) is 6.54 Å². The van der Waals surface area contributed by atoms with Gasteiger partial charge in [-0.2, -0.15) is 10.2 Å². The zero-order valence-corrected chi connectivity index (χ0v) is 13.7. The summed E-state index contributed by atoms with van der Waals surface area (Å²) in [6.07, 6.45) is 4.76. The smallest absolute Gasteiger partial charge is 0.260 e. The van der Waals surface area contributed by atoms with Crippen molar-refractivity contribution in [1.82, 2.24) is 19.6 Å². The molecule has 0 saturated heterocycles. The number of benzene rings is 1. The monoisotopic (exact) mass is 349 g/mol. The van der Waals surface area contributed by atoms with E-state index in [-0.39, 0.29) is 5.91 Å². The number of hydrogen-bond acceptors (Lipinski definition) is 3. The molecule has 0 aliphatic carbocycles. The molecule has 1 N–H and O–H groups in total. The minimum Gasteiger partial charge on any atom is -0.304 e. The lowest BCUT2D eigenvalue weighted by atomic mass is 10.2. The molecule has 0 fully saturated rings. The number of amides is 1. The van der Waals surface area contributed by atoms with Gasteiger partial charge in [-0.05, 0) is 17.7 Å². The molecule has 23 heavy (non-hydrogen) atoms. The summed E-state index contributed by atoms with van der Waals surface area (Å²) >= 11 is 12.0. The number of halogens is 2. The molecule has 118 valence electrons. The Labute approximate surface area is 142 Å². The molecule has 1 aromatic carbocycles. The normalized spacial score (nSPS) is 10.7. The van der Waals surface area contributed by atoms with Gasteiger partial charge in [-0.1, -0.05) is 35.3 Å². The van der Waals surface area contributed by atoms with Crippen LogP contribution in [-0.4, -0.2) is 25.5 Å². The van der Waals surface area contributed by atoms with E-state index in [1.807, 2.05) is 24.3 Å². The topological polar surface area (TPSA) is 64.7 Å². The molecule has 6 nitrogen and oxygen atoms in total. The first-order valence-corrected chi connectivity index (χ1v) is 7.54. The summed E-state index contributed by atoms with van der Waals surface area (Å²) in [7, 11) is 1.74. The Balaban J connectivity index is 1.73. The second-order valence-corrected chi connectivity index (χ2v) is 5.85. The van der Waals surface area contributed by atoms with Gasteiger partial charge in [0.15, 0.2) is 5.82 Å². The second kappa shape index (κ2) is 6.44. The quantitative estimate of drug-likeness (QED) is 0.786. The van der Waals surface area contributed by atoms with Crippen molar-refractivity contribution in [1.29, 1.82) is 0 Å². The van der Waals surface area contributed by atoms with Crippen LogP contribution in [0.3, 0.4) is 0 Å². The summed E-state index contributed by atoms with van der Waals surface area (Å²) in [5.41, 5.74) is 1.47. The van der Waals surface area contributed by atoms with Crippen LogP contribution in [0.15, 0.2) is 42.9 Å². The summed E-state index contributed by atoms with van der Waals surface area (Å²) in [4.78, 5) is 12.1. The van der Waals surface area contributed by atoms with E-state index in [1.54, 1.807) is 28.8 Å². The molecule has 1 amide bonds. The number of anilines is 1. The van der Waals surface area contributed by atoms with Crippen LogP contribution in [0.4, 0.5) is 5.82 Å². The van der Waals surface area contributed by atoms with Crippen LogP contribution in [0.25, 0.3) is 0 Å². The number of carbonyl (C=O) groups is 1. The third kappa shape index (κ3) is 3.72. The SMILES string of the molecule is Cn1cc(C(=O)Nc2nn(Cc3ccc(Cl)cc3)cc2Cl)cn1. The summed E-state index contributed by atoms with van der Waals surface area (Å²) < 4.78 is 3.21. The number of nitrogens with zero attached hydrogens (tertiary/aromatic N) is 4. The van der Waals surface area contributed by atoms with Gasteiger partial charge in [-0.15, -0.1) is 0 Å². The third-order valence-electron chi connectivity index (χ3n) is 3.17. The highest BCUT2D eigenvalue weighted by Gasteiger charge is 2.13. The van der Waals surface area contributed by atoms with Crippen LogP contribution in [0.2, 0.25) is 10.0 Å². The minimum atomic E-state index is -0.309. The van der Waals surface area contributed by atoms with E-state index in [0.717, 1.165) is 5.56 Å². The minimum absolute atomic E-state index is 0.309. The van der Waals surface area contributed by atoms with Crippen LogP contribution in [0.1, 0.15) is 15.9 Å². The number of nitrogens with one attached hydrogen (secondary N) is 1. The number of hydrogen-bond donors (Lipinski definition) is 1. The Morgan fingerprint density at radius 2 is 1.96 bits per heavy atom. The average Bonchev–Trinajstić information content (AvgIpc) is 3.08. The van der Waals surface area contributed by atoms with Crippen molar-refractivity contribution in [3.8, 4) is 0 Å². The van der Waals surface area contributed by atoms with E-state index in [2.05, 4.69) is 15.5 Å². The van der Waals surface area contributed by atoms with Crippen molar-refractivity contribution in [2.75, 3.05) is 5.32 Å². The highest BCUT2D eigenvalue weighted by Crippen LogP contribution is 2.21. The lowest BCUT2D eigenvalue weighted by molar-refractivity contribution is 0.102. The first-order valence-electron chi connectivity index (χ1n) is 6.78. The standard InChI is InChI=1S/C15H13Cl2N5O/c1-21-8-11(6-18-21)15(23)19-14-13(17)9-22(20-14)7-10-2-4-12(16)5-3-10/h2-6,8-9H,7H2,1H3,(H,19,20,23). The zero-order chi connectivity index (χ0) is 16.4. The molecule has 3 aromatic rings. The van der Waals surface area contributed by atoms with Crippen LogP contribution < -0.4 is 5.32 Å². The number of rotatable bonds is 4. The van der Waals surface area contributed by atoms with Gasteiger partial charge in [0.05, 0.1) is 18.3 Å². The first-order chi connectivity index (χ1) is 11.0. The van der Waals surface area contributed by atoms with E-state index >= 15 is 0 Å². The lowest BCUT2D eigenvalue weighted by Crippen LogP contribution is -2.12. The molecule has 0 bridgehead atoms. The van der Waals surface area contributed by atoms with Gasteiger partial charge in [-0.3, -0.25) is 14.2 Å². The molecular weight excluding hydrogens is 337 g/mol. The zero-order valence-electron chi connectivity index (χ0n) is 12.2. The molecule has 0 saturated carbocycles. The molecule has 8 heteroatoms. The predicted molar refractivity (Wildman–Crippen MR) is 89.0 cm³/mol. The molecular formula is C15H13Cl2N5O. The van der Waals surface area contributed by atoms with Crippen molar-refractivity contribution >= 4 is 34.9 Å². The Hall–Kier alpha value is -2.31. The van der Waals surface area contributed by atoms with E-state index in [4.69, 9.17) is 23.2 Å². The average molecular weight is 350 g/mol. The van der Waals surface area contributed by atoms with Crippen LogP contribution in [0.5, 0.6) is 0 Å². The Morgan fingerprint density at radius 3 is 2.61 bits per heavy atom. The Kier molecular flexibility index (Phi) is 4.36. The molecule has 3 rings (SSSR count). The fourth-order valence-electron chi connectivity index (χ4n) is 2.06. The maximum atomic E-state index is 12.1. The number of aromatic nitrogens is 4. The fraction of sp³-hybridized carbons (Fsp3) is 0.133. The molecule has 0 aliphatic rings. The molecule has 2 aromatic heterocycles. The van der Waals surface area contributed by atoms with E-state index in [9.17, 15) is 4.79 Å². The van der Waals surface area contributed by atoms with Crippen molar-refractivity contribution < 1.29 is 4.79 Å². The Bertz CT molecular complexity index is 838. The van der Waals surface area contributed by atoms with E-state index in [1.165, 1.54) is 6.20 Å². The molecule has 0 radical (unpaired) electrons. The molecule has 0 atom stereocenters. The van der Waals surface area contributed by atoms with Crippen LogP contribution in [0, 0.1) is 0 Å². The van der Waals surface area contributed by atoms with Crippen molar-refractivity contribution in [3.63, 3.8) is 0 Å². The van der Waals surface area contributed by atoms with Gasteiger partial charge >= 0.3 is 0 Å². The number of aryl methyl sites for hydroxylation is 1. The largest absolute Gasteiger partial charge is 0.304 e. The van der Waals surface area contributed by atoms with Crippen LogP contribution in [-0.2, 0) is 13.6 Å². The maximum absolute atomic E-state index is 12.1. The lowest BCUT2D eigenvalue weighted by Gasteiger charge is -2.02. The second-order valence-electron chi connectivity index (χ2n) is 5.01. The summed E-state index contributed by atoms with van der Waals surface area (Å²) in [5.74, 6) is 0.00576. The summed E-state index contributed by atoms with van der Waals surface area (Å²) in [6, 6.07) is 7.44. The summed E-state index contributed by atoms with van der Waals surface area (Å²) in [6.45, 7) is 0.527. The third-order valence-corrected chi connectivity index (χ3v) is 3.70. The van der Waals surface area contributed by atoms with Crippen molar-refractivity contribution in [3.05, 3.63) is 64.0 Å². The van der Waals surface area contributed by atoms with E-state index in [0.29, 0.717) is 28.0 Å². The van der Waals surface area contributed by atoms with Gasteiger partial charge in [0, 0.05) is 24.5 Å². The first kappa shape index (κ1) is 15.6. The maximum Gasteiger partial charge on any atom is 0.260 e. The van der Waals surface area contributed by atoms with Gasteiger partial charge in [0.25, 0.3) is 5.91 Å². The van der Waals surface area contributed by atoms with Gasteiger partial charge in [0.1, 0.15) is 5.02 Å². The van der Waals surface area contributed by atoms with Crippen molar-refractivity contribution in [2.24, 2.45) is 7.05 Å². The van der Waals surface area contributed by atoms with Crippen LogP contribution >= 0.6 is 23.2 Å². The molecule has 2 heterocycles. The van der Waals surface area contributed by atoms with E-state index < -0.39 is 0 Å². The highest BCUT2D eigenvalue weighted by molar-refractivity contribution is 6.33. The Morgan fingerprint density at radius 1 is 1.22 bits per heavy atom. The highest BCUT2D eigenvalue weighted by atomic mass is 35.5. The van der Waals surface area contributed by atoms with Gasteiger partial charge < -0.3 is 5.32 Å². The molecule has 0 aliphatic heterocycles.